The molecule has 0 bridgehead atoms. The molecule has 0 aliphatic heterocycles. The molecule has 106 valence electrons. The van der Waals surface area contributed by atoms with Crippen molar-refractivity contribution in [2.24, 2.45) is 0 Å². The highest BCUT2D eigenvalue weighted by atomic mass is 19.2. The van der Waals surface area contributed by atoms with Crippen molar-refractivity contribution in [2.45, 2.75) is 26.7 Å². The van der Waals surface area contributed by atoms with E-state index in [0.29, 0.717) is 25.9 Å². The molecule has 6 heteroatoms. The molecule has 3 nitrogen and oxygen atoms in total. The van der Waals surface area contributed by atoms with E-state index in [0.717, 1.165) is 0 Å². The zero-order chi connectivity index (χ0) is 15.3. The molecule has 0 heterocycles. The van der Waals surface area contributed by atoms with Crippen molar-refractivity contribution in [3.05, 3.63) is 28.6 Å². The molecule has 0 aliphatic rings. The molecule has 0 saturated carbocycles. The average molecular weight is 281 g/mol. The first-order valence-electron chi connectivity index (χ1n) is 6.28. The highest BCUT2D eigenvalue weighted by molar-refractivity contribution is 5.61. The molecule has 0 atom stereocenters. The number of anilines is 1. The minimum atomic E-state index is -1.47. The van der Waals surface area contributed by atoms with Gasteiger partial charge in [-0.05, 0) is 12.8 Å². The Morgan fingerprint density at radius 3 is 1.70 bits per heavy atom. The topological polar surface area (TPSA) is 50.8 Å². The molecule has 0 amide bonds. The lowest BCUT2D eigenvalue weighted by molar-refractivity contribution is 0.486. The van der Waals surface area contributed by atoms with Gasteiger partial charge in [0.05, 0.1) is 0 Å². The van der Waals surface area contributed by atoms with Gasteiger partial charge in [-0.3, -0.25) is 0 Å². The number of halogens is 3. The van der Waals surface area contributed by atoms with Crippen LogP contribution in [0.5, 0.6) is 0 Å². The predicted molar refractivity (Wildman–Crippen MR) is 68.5 cm³/mol. The van der Waals surface area contributed by atoms with E-state index in [2.05, 4.69) is 0 Å². The highest BCUT2D eigenvalue weighted by Gasteiger charge is 2.27. The van der Waals surface area contributed by atoms with Crippen LogP contribution >= 0.6 is 0 Å². The molecular formula is C14H14F3N3. The maximum atomic E-state index is 14.2. The number of hydrogen-bond acceptors (Lipinski definition) is 3. The van der Waals surface area contributed by atoms with Gasteiger partial charge in [-0.15, -0.1) is 0 Å². The highest BCUT2D eigenvalue weighted by Crippen LogP contribution is 2.31. The lowest BCUT2D eigenvalue weighted by Crippen LogP contribution is -2.28. The molecule has 1 rings (SSSR count). The normalized spacial score (nSPS) is 9.95. The summed E-state index contributed by atoms with van der Waals surface area (Å²) < 4.78 is 42.0. The molecule has 0 aromatic heterocycles. The summed E-state index contributed by atoms with van der Waals surface area (Å²) in [4.78, 5) is 1.36. The Morgan fingerprint density at radius 1 is 0.850 bits per heavy atom. The van der Waals surface area contributed by atoms with E-state index in [1.165, 1.54) is 17.0 Å². The molecule has 0 N–H and O–H groups in total. The Morgan fingerprint density at radius 2 is 1.30 bits per heavy atom. The maximum absolute atomic E-state index is 14.2. The van der Waals surface area contributed by atoms with Crippen LogP contribution in [-0.4, -0.2) is 13.1 Å². The van der Waals surface area contributed by atoms with Crippen LogP contribution in [0.15, 0.2) is 0 Å². The van der Waals surface area contributed by atoms with Crippen LogP contribution in [0.25, 0.3) is 0 Å². The summed E-state index contributed by atoms with van der Waals surface area (Å²) in [7, 11) is 0. The van der Waals surface area contributed by atoms with Crippen LogP contribution in [-0.2, 0) is 0 Å². The molecule has 1 aromatic carbocycles. The third-order valence-corrected chi connectivity index (χ3v) is 2.82. The molecule has 1 aromatic rings. The molecule has 0 fully saturated rings. The van der Waals surface area contributed by atoms with Gasteiger partial charge >= 0.3 is 0 Å². The van der Waals surface area contributed by atoms with Gasteiger partial charge in [0.1, 0.15) is 29.0 Å². The summed E-state index contributed by atoms with van der Waals surface area (Å²) in [5, 5.41) is 17.6. The lowest BCUT2D eigenvalue weighted by atomic mass is 10.0. The lowest BCUT2D eigenvalue weighted by Gasteiger charge is -2.25. The first-order valence-corrected chi connectivity index (χ1v) is 6.28. The zero-order valence-electron chi connectivity index (χ0n) is 11.3. The first-order chi connectivity index (χ1) is 9.53. The zero-order valence-corrected chi connectivity index (χ0v) is 11.3. The van der Waals surface area contributed by atoms with Crippen molar-refractivity contribution < 1.29 is 13.2 Å². The monoisotopic (exact) mass is 281 g/mol. The molecule has 0 spiro atoms. The van der Waals surface area contributed by atoms with Gasteiger partial charge in [0, 0.05) is 13.1 Å². The van der Waals surface area contributed by atoms with Gasteiger partial charge in [0.2, 0.25) is 0 Å². The quantitative estimate of drug-likeness (QED) is 0.776. The van der Waals surface area contributed by atoms with Crippen LogP contribution in [0.2, 0.25) is 0 Å². The summed E-state index contributed by atoms with van der Waals surface area (Å²) in [5.41, 5.74) is -2.21. The number of nitrogens with zero attached hydrogens (tertiary/aromatic N) is 3. The summed E-state index contributed by atoms with van der Waals surface area (Å²) in [6, 6.07) is 2.76. The third kappa shape index (κ3) is 2.70. The largest absolute Gasteiger partial charge is 0.367 e. The predicted octanol–water partition coefficient (Wildman–Crippen LogP) is 3.47. The second-order valence-corrected chi connectivity index (χ2v) is 4.25. The van der Waals surface area contributed by atoms with Gasteiger partial charge < -0.3 is 4.90 Å². The minimum Gasteiger partial charge on any atom is -0.367 e. The summed E-state index contributed by atoms with van der Waals surface area (Å²) in [6.45, 7) is 4.31. The van der Waals surface area contributed by atoms with E-state index in [-0.39, 0.29) is 0 Å². The number of hydrogen-bond donors (Lipinski definition) is 0. The number of benzene rings is 1. The molecule has 0 saturated heterocycles. The van der Waals surface area contributed by atoms with Crippen LogP contribution in [0.3, 0.4) is 0 Å². The number of rotatable bonds is 5. The molecule has 0 aliphatic carbocycles. The Kier molecular flexibility index (Phi) is 5.40. The van der Waals surface area contributed by atoms with Crippen molar-refractivity contribution in [2.75, 3.05) is 18.0 Å². The van der Waals surface area contributed by atoms with Crippen LogP contribution in [0.4, 0.5) is 18.9 Å². The Hall–Kier alpha value is -2.21. The minimum absolute atomic E-state index is 0.331. The summed E-state index contributed by atoms with van der Waals surface area (Å²) in [6.07, 6.45) is 1.23. The smallest absolute Gasteiger partial charge is 0.186 e. The van der Waals surface area contributed by atoms with E-state index in [1.807, 2.05) is 13.8 Å². The van der Waals surface area contributed by atoms with Crippen molar-refractivity contribution >= 4 is 5.69 Å². The first kappa shape index (κ1) is 15.8. The van der Waals surface area contributed by atoms with Gasteiger partial charge in [0.15, 0.2) is 17.5 Å². The summed E-state index contributed by atoms with van der Waals surface area (Å²) >= 11 is 0. The second kappa shape index (κ2) is 6.81. The van der Waals surface area contributed by atoms with Gasteiger partial charge in [0.25, 0.3) is 0 Å². The summed E-state index contributed by atoms with van der Waals surface area (Å²) in [5.74, 6) is -4.07. The SMILES string of the molecule is CCCN(CCC)c1c(F)c(F)c(C#N)c(C#N)c1F. The van der Waals surface area contributed by atoms with E-state index >= 15 is 0 Å². The standard InChI is InChI=1S/C14H14F3N3/c1-3-5-20(6-4-2)14-12(16)10(8-19)9(7-18)11(15)13(14)17/h3-6H2,1-2H3. The van der Waals surface area contributed by atoms with E-state index < -0.39 is 34.3 Å². The fourth-order valence-corrected chi connectivity index (χ4v) is 2.01. The van der Waals surface area contributed by atoms with Crippen LogP contribution < -0.4 is 4.90 Å². The fraction of sp³-hybridized carbons (Fsp3) is 0.429. The number of nitriles is 2. The van der Waals surface area contributed by atoms with E-state index in [1.54, 1.807) is 0 Å². The van der Waals surface area contributed by atoms with Crippen molar-refractivity contribution in [3.63, 3.8) is 0 Å². The van der Waals surface area contributed by atoms with Crippen LogP contribution in [0, 0.1) is 40.1 Å². The van der Waals surface area contributed by atoms with Crippen molar-refractivity contribution in [1.29, 1.82) is 10.5 Å². The Labute approximate surface area is 115 Å². The third-order valence-electron chi connectivity index (χ3n) is 2.82. The second-order valence-electron chi connectivity index (χ2n) is 4.25. The van der Waals surface area contributed by atoms with Gasteiger partial charge in [-0.25, -0.2) is 13.2 Å². The van der Waals surface area contributed by atoms with Gasteiger partial charge in [-0.2, -0.15) is 10.5 Å². The van der Waals surface area contributed by atoms with Crippen LogP contribution in [0.1, 0.15) is 37.8 Å². The van der Waals surface area contributed by atoms with E-state index in [4.69, 9.17) is 10.5 Å². The average Bonchev–Trinajstić information content (AvgIpc) is 2.43. The Bertz CT molecular complexity index is 579. The van der Waals surface area contributed by atoms with Crippen molar-refractivity contribution in [1.82, 2.24) is 0 Å². The van der Waals surface area contributed by atoms with Crippen molar-refractivity contribution in [3.8, 4) is 12.1 Å². The Balaban J connectivity index is 3.59. The maximum Gasteiger partial charge on any atom is 0.186 e. The van der Waals surface area contributed by atoms with E-state index in [9.17, 15) is 13.2 Å². The molecular weight excluding hydrogens is 267 g/mol. The fourth-order valence-electron chi connectivity index (χ4n) is 2.01. The molecule has 0 radical (unpaired) electrons. The van der Waals surface area contributed by atoms with Gasteiger partial charge in [-0.1, -0.05) is 13.8 Å². The molecule has 20 heavy (non-hydrogen) atoms. The molecule has 0 unspecified atom stereocenters.